The first-order valence-electron chi connectivity index (χ1n) is 9.62. The lowest BCUT2D eigenvalue weighted by molar-refractivity contribution is 0.0683. The van der Waals surface area contributed by atoms with E-state index in [-0.39, 0.29) is 11.9 Å². The molecular weight excluding hydrogens is 366 g/mol. The van der Waals surface area contributed by atoms with E-state index in [0.717, 1.165) is 28.9 Å². The Labute approximate surface area is 168 Å². The number of aryl methyl sites for hydroxylation is 1. The summed E-state index contributed by atoms with van der Waals surface area (Å²) in [6.45, 7) is 2.35. The van der Waals surface area contributed by atoms with Gasteiger partial charge < -0.3 is 19.0 Å². The number of hydrogen-bond donors (Lipinski definition) is 1. The molecule has 0 aliphatic carbocycles. The zero-order chi connectivity index (χ0) is 20.0. The summed E-state index contributed by atoms with van der Waals surface area (Å²) in [5.74, 6) is 1.13. The highest BCUT2D eigenvalue weighted by Crippen LogP contribution is 2.41. The number of aromatic amines is 1. The Balaban J connectivity index is 1.72. The first-order valence-corrected chi connectivity index (χ1v) is 9.62. The maximum Gasteiger partial charge on any atom is 0.276 e. The second kappa shape index (κ2) is 6.81. The Kier molecular flexibility index (Phi) is 4.12. The third kappa shape index (κ3) is 2.71. The number of rotatable bonds is 3. The largest absolute Gasteiger partial charge is 0.496 e. The van der Waals surface area contributed by atoms with Gasteiger partial charge in [0.25, 0.3) is 5.91 Å². The Morgan fingerprint density at radius 2 is 2.00 bits per heavy atom. The van der Waals surface area contributed by atoms with E-state index in [0.29, 0.717) is 18.0 Å². The summed E-state index contributed by atoms with van der Waals surface area (Å²) in [4.78, 5) is 23.0. The van der Waals surface area contributed by atoms with Crippen LogP contribution in [-0.2, 0) is 6.42 Å². The molecule has 1 amide bonds. The molecule has 0 radical (unpaired) electrons. The number of para-hydroxylation sites is 2. The quantitative estimate of drug-likeness (QED) is 0.570. The number of carbonyl (C=O) groups excluding carboxylic acids is 1. The second-order valence-electron chi connectivity index (χ2n) is 7.21. The number of oxazole rings is 1. The van der Waals surface area contributed by atoms with Crippen molar-refractivity contribution in [2.75, 3.05) is 13.7 Å². The monoisotopic (exact) mass is 387 g/mol. The molecule has 2 aromatic heterocycles. The average Bonchev–Trinajstić information content (AvgIpc) is 3.35. The lowest BCUT2D eigenvalue weighted by Gasteiger charge is -2.36. The minimum Gasteiger partial charge on any atom is -0.496 e. The molecule has 146 valence electrons. The fourth-order valence-corrected chi connectivity index (χ4v) is 4.32. The summed E-state index contributed by atoms with van der Waals surface area (Å²) in [5.41, 5.74) is 4.64. The molecule has 0 bridgehead atoms. The van der Waals surface area contributed by atoms with Gasteiger partial charge >= 0.3 is 0 Å². The Morgan fingerprint density at radius 3 is 2.79 bits per heavy atom. The van der Waals surface area contributed by atoms with Crippen LogP contribution in [0.25, 0.3) is 10.9 Å². The van der Waals surface area contributed by atoms with Crippen molar-refractivity contribution in [3.8, 4) is 5.75 Å². The first-order chi connectivity index (χ1) is 14.2. The number of hydrogen-bond acceptors (Lipinski definition) is 4. The molecule has 0 spiro atoms. The van der Waals surface area contributed by atoms with Gasteiger partial charge in [-0.05, 0) is 31.0 Å². The zero-order valence-corrected chi connectivity index (χ0v) is 16.3. The number of carbonyl (C=O) groups is 1. The first kappa shape index (κ1) is 17.6. The van der Waals surface area contributed by atoms with Crippen LogP contribution in [0.5, 0.6) is 5.75 Å². The van der Waals surface area contributed by atoms with E-state index >= 15 is 0 Å². The van der Waals surface area contributed by atoms with Gasteiger partial charge in [0.05, 0.1) is 7.11 Å². The van der Waals surface area contributed by atoms with Gasteiger partial charge in [-0.15, -0.1) is 0 Å². The molecule has 29 heavy (non-hydrogen) atoms. The van der Waals surface area contributed by atoms with Crippen molar-refractivity contribution in [1.29, 1.82) is 0 Å². The highest BCUT2D eigenvalue weighted by Gasteiger charge is 2.37. The van der Waals surface area contributed by atoms with Crippen molar-refractivity contribution in [3.63, 3.8) is 0 Å². The SMILES string of the molecule is COc1ccccc1[C@H]1c2[nH]c3ccccc3c2CCN1C(=O)c1ncoc1C. The summed E-state index contributed by atoms with van der Waals surface area (Å²) in [7, 11) is 1.65. The van der Waals surface area contributed by atoms with Crippen LogP contribution < -0.4 is 4.74 Å². The molecule has 6 nitrogen and oxygen atoms in total. The van der Waals surface area contributed by atoms with E-state index < -0.39 is 0 Å². The second-order valence-corrected chi connectivity index (χ2v) is 7.21. The van der Waals surface area contributed by atoms with Crippen molar-refractivity contribution >= 4 is 16.8 Å². The highest BCUT2D eigenvalue weighted by molar-refractivity contribution is 5.94. The molecule has 1 aliphatic rings. The van der Waals surface area contributed by atoms with Crippen LogP contribution in [0.4, 0.5) is 0 Å². The van der Waals surface area contributed by atoms with Crippen LogP contribution in [0.2, 0.25) is 0 Å². The van der Waals surface area contributed by atoms with Crippen LogP contribution in [-0.4, -0.2) is 34.4 Å². The summed E-state index contributed by atoms with van der Waals surface area (Å²) >= 11 is 0. The van der Waals surface area contributed by atoms with Crippen molar-refractivity contribution in [2.24, 2.45) is 0 Å². The third-order valence-corrected chi connectivity index (χ3v) is 5.68. The molecule has 1 atom stereocenters. The average molecular weight is 387 g/mol. The summed E-state index contributed by atoms with van der Waals surface area (Å²) < 4.78 is 10.9. The molecule has 1 aliphatic heterocycles. The lowest BCUT2D eigenvalue weighted by atomic mass is 9.91. The molecule has 3 heterocycles. The number of amides is 1. The van der Waals surface area contributed by atoms with Crippen molar-refractivity contribution in [3.05, 3.63) is 83.2 Å². The molecule has 2 aromatic carbocycles. The third-order valence-electron chi connectivity index (χ3n) is 5.68. The van der Waals surface area contributed by atoms with Gasteiger partial charge in [0.2, 0.25) is 0 Å². The van der Waals surface area contributed by atoms with E-state index in [9.17, 15) is 4.79 Å². The zero-order valence-electron chi connectivity index (χ0n) is 16.3. The Morgan fingerprint density at radius 1 is 1.21 bits per heavy atom. The number of fused-ring (bicyclic) bond motifs is 3. The number of H-pyrrole nitrogens is 1. The Hall–Kier alpha value is -3.54. The summed E-state index contributed by atoms with van der Waals surface area (Å²) in [5, 5.41) is 1.20. The van der Waals surface area contributed by atoms with Gasteiger partial charge in [-0.3, -0.25) is 4.79 Å². The molecule has 0 saturated carbocycles. The van der Waals surface area contributed by atoms with Gasteiger partial charge in [-0.2, -0.15) is 0 Å². The number of nitrogens with one attached hydrogen (secondary N) is 1. The van der Waals surface area contributed by atoms with Gasteiger partial charge in [-0.25, -0.2) is 4.98 Å². The van der Waals surface area contributed by atoms with E-state index in [1.54, 1.807) is 14.0 Å². The minimum atomic E-state index is -0.300. The molecule has 0 fully saturated rings. The van der Waals surface area contributed by atoms with Gasteiger partial charge in [0.1, 0.15) is 17.6 Å². The maximum absolute atomic E-state index is 13.4. The number of methoxy groups -OCH3 is 1. The molecule has 6 heteroatoms. The number of nitrogens with zero attached hydrogens (tertiary/aromatic N) is 2. The molecule has 4 aromatic rings. The van der Waals surface area contributed by atoms with Gasteiger partial charge in [-0.1, -0.05) is 36.4 Å². The van der Waals surface area contributed by atoms with E-state index in [4.69, 9.17) is 9.15 Å². The van der Waals surface area contributed by atoms with Crippen molar-refractivity contribution in [2.45, 2.75) is 19.4 Å². The normalized spacial score (nSPS) is 16.1. The number of aromatic nitrogens is 2. The summed E-state index contributed by atoms with van der Waals surface area (Å²) in [6, 6.07) is 15.8. The predicted molar refractivity (Wildman–Crippen MR) is 109 cm³/mol. The maximum atomic E-state index is 13.4. The highest BCUT2D eigenvalue weighted by atomic mass is 16.5. The number of benzene rings is 2. The fourth-order valence-electron chi connectivity index (χ4n) is 4.32. The van der Waals surface area contributed by atoms with Gasteiger partial charge in [0.15, 0.2) is 12.1 Å². The van der Waals surface area contributed by atoms with E-state index in [2.05, 4.69) is 22.1 Å². The molecule has 0 saturated heterocycles. The Bertz CT molecular complexity index is 1210. The minimum absolute atomic E-state index is 0.142. The van der Waals surface area contributed by atoms with Gasteiger partial charge in [0, 0.05) is 28.7 Å². The smallest absolute Gasteiger partial charge is 0.276 e. The van der Waals surface area contributed by atoms with Crippen LogP contribution >= 0.6 is 0 Å². The standard InChI is InChI=1S/C23H21N3O3/c1-14-20(24-13-29-14)23(27)26-12-11-16-15-7-3-5-9-18(15)25-21(16)22(26)17-8-4-6-10-19(17)28-2/h3-10,13,22,25H,11-12H2,1-2H3/t22-/m0/s1. The van der Waals surface area contributed by atoms with Crippen molar-refractivity contribution < 1.29 is 13.9 Å². The topological polar surface area (TPSA) is 71.4 Å². The van der Waals surface area contributed by atoms with Crippen LogP contribution in [0.3, 0.4) is 0 Å². The van der Waals surface area contributed by atoms with Crippen LogP contribution in [0, 0.1) is 6.92 Å². The van der Waals surface area contributed by atoms with E-state index in [1.807, 2.05) is 41.3 Å². The fraction of sp³-hybridized carbons (Fsp3) is 0.217. The van der Waals surface area contributed by atoms with Crippen LogP contribution in [0.1, 0.15) is 39.1 Å². The molecular formula is C23H21N3O3. The predicted octanol–water partition coefficient (Wildman–Crippen LogP) is 4.26. The van der Waals surface area contributed by atoms with Crippen LogP contribution in [0.15, 0.2) is 59.3 Å². The molecule has 0 unspecified atom stereocenters. The summed E-state index contributed by atoms with van der Waals surface area (Å²) in [6.07, 6.45) is 2.09. The number of ether oxygens (including phenoxy) is 1. The lowest BCUT2D eigenvalue weighted by Crippen LogP contribution is -2.41. The molecule has 5 rings (SSSR count). The van der Waals surface area contributed by atoms with E-state index in [1.165, 1.54) is 17.3 Å². The molecule has 1 N–H and O–H groups in total. The van der Waals surface area contributed by atoms with Crippen molar-refractivity contribution in [1.82, 2.24) is 14.9 Å².